The number of methoxy groups -OCH3 is 2. The van der Waals surface area contributed by atoms with Gasteiger partial charge in [0.2, 0.25) is 0 Å². The first kappa shape index (κ1) is 23.0. The number of anilines is 1. The monoisotopic (exact) mass is 499 g/mol. The zero-order valence-corrected chi connectivity index (χ0v) is 18.8. The highest BCUT2D eigenvalue weighted by Gasteiger charge is 2.10. The lowest BCUT2D eigenvalue weighted by molar-refractivity contribution is 0.0954. The van der Waals surface area contributed by atoms with Crippen LogP contribution in [0.4, 0.5) is 10.1 Å². The van der Waals surface area contributed by atoms with Gasteiger partial charge in [0.05, 0.1) is 24.9 Å². The summed E-state index contributed by atoms with van der Waals surface area (Å²) in [5, 5.41) is 6.66. The van der Waals surface area contributed by atoms with Gasteiger partial charge in [0.25, 0.3) is 11.8 Å². The van der Waals surface area contributed by atoms with Crippen LogP contribution in [-0.2, 0) is 0 Å². The van der Waals surface area contributed by atoms with E-state index >= 15 is 0 Å². The van der Waals surface area contributed by atoms with E-state index in [0.717, 1.165) is 0 Å². The van der Waals surface area contributed by atoms with E-state index in [1.54, 1.807) is 43.5 Å². The SMILES string of the molecule is COc1cc(OC)c(C=NNC(=O)c2ccc(NC(=O)c3ccc(F)cc3)cc2)cc1Br. The van der Waals surface area contributed by atoms with E-state index < -0.39 is 11.7 Å². The summed E-state index contributed by atoms with van der Waals surface area (Å²) in [6.45, 7) is 0. The minimum Gasteiger partial charge on any atom is -0.496 e. The molecule has 0 unspecified atom stereocenters. The van der Waals surface area contributed by atoms with Crippen LogP contribution in [0.15, 0.2) is 70.2 Å². The number of carbonyl (C=O) groups excluding carboxylic acids is 2. The quantitative estimate of drug-likeness (QED) is 0.366. The largest absolute Gasteiger partial charge is 0.496 e. The van der Waals surface area contributed by atoms with Crippen molar-refractivity contribution in [2.75, 3.05) is 19.5 Å². The zero-order chi connectivity index (χ0) is 23.1. The van der Waals surface area contributed by atoms with Gasteiger partial charge in [0.1, 0.15) is 17.3 Å². The molecule has 0 aliphatic rings. The van der Waals surface area contributed by atoms with E-state index in [1.165, 1.54) is 37.6 Å². The molecule has 0 aliphatic carbocycles. The van der Waals surface area contributed by atoms with Crippen molar-refractivity contribution >= 4 is 39.6 Å². The summed E-state index contributed by atoms with van der Waals surface area (Å²) in [6, 6.07) is 14.9. The predicted molar refractivity (Wildman–Crippen MR) is 123 cm³/mol. The third-order valence-electron chi connectivity index (χ3n) is 4.39. The van der Waals surface area contributed by atoms with Gasteiger partial charge < -0.3 is 14.8 Å². The number of rotatable bonds is 7. The minimum absolute atomic E-state index is 0.322. The molecule has 0 aliphatic heterocycles. The van der Waals surface area contributed by atoms with Crippen LogP contribution in [0.3, 0.4) is 0 Å². The van der Waals surface area contributed by atoms with Crippen LogP contribution in [0, 0.1) is 5.82 Å². The number of ether oxygens (including phenoxy) is 2. The summed E-state index contributed by atoms with van der Waals surface area (Å²) in [5.41, 5.74) is 4.25. The molecule has 3 aromatic rings. The molecule has 3 rings (SSSR count). The molecule has 9 heteroatoms. The van der Waals surface area contributed by atoms with Crippen LogP contribution in [0.5, 0.6) is 11.5 Å². The Morgan fingerprint density at radius 2 is 1.50 bits per heavy atom. The maximum absolute atomic E-state index is 13.0. The highest BCUT2D eigenvalue weighted by atomic mass is 79.9. The third-order valence-corrected chi connectivity index (χ3v) is 5.00. The van der Waals surface area contributed by atoms with Gasteiger partial charge in [-0.05, 0) is 70.5 Å². The summed E-state index contributed by atoms with van der Waals surface area (Å²) < 4.78 is 24.2. The van der Waals surface area contributed by atoms with Crippen molar-refractivity contribution in [3.05, 3.63) is 87.6 Å². The number of hydrogen-bond donors (Lipinski definition) is 2. The smallest absolute Gasteiger partial charge is 0.271 e. The maximum atomic E-state index is 13.0. The predicted octanol–water partition coefficient (Wildman–Crippen LogP) is 4.62. The van der Waals surface area contributed by atoms with Gasteiger partial charge in [-0.3, -0.25) is 9.59 Å². The number of benzene rings is 3. The van der Waals surface area contributed by atoms with Crippen molar-refractivity contribution in [2.45, 2.75) is 0 Å². The fourth-order valence-corrected chi connectivity index (χ4v) is 3.24. The lowest BCUT2D eigenvalue weighted by atomic mass is 10.1. The second-order valence-electron chi connectivity index (χ2n) is 6.47. The van der Waals surface area contributed by atoms with Crippen LogP contribution in [-0.4, -0.2) is 32.2 Å². The van der Waals surface area contributed by atoms with Crippen molar-refractivity contribution in [1.82, 2.24) is 5.43 Å². The van der Waals surface area contributed by atoms with Crippen molar-refractivity contribution in [3.63, 3.8) is 0 Å². The number of carbonyl (C=O) groups is 2. The van der Waals surface area contributed by atoms with E-state index in [0.29, 0.717) is 38.3 Å². The second-order valence-corrected chi connectivity index (χ2v) is 7.32. The van der Waals surface area contributed by atoms with E-state index in [2.05, 4.69) is 31.8 Å². The molecule has 0 fully saturated rings. The van der Waals surface area contributed by atoms with Crippen LogP contribution in [0.25, 0.3) is 0 Å². The Morgan fingerprint density at radius 3 is 2.12 bits per heavy atom. The molecule has 3 aromatic carbocycles. The van der Waals surface area contributed by atoms with Gasteiger partial charge in [0, 0.05) is 28.4 Å². The Bertz CT molecular complexity index is 1150. The molecular weight excluding hydrogens is 481 g/mol. The number of hydrogen-bond acceptors (Lipinski definition) is 5. The summed E-state index contributed by atoms with van der Waals surface area (Å²) in [4.78, 5) is 24.5. The topological polar surface area (TPSA) is 89.0 Å². The van der Waals surface area contributed by atoms with E-state index in [9.17, 15) is 14.0 Å². The fraction of sp³-hybridized carbons (Fsp3) is 0.0870. The minimum atomic E-state index is -0.427. The molecule has 32 heavy (non-hydrogen) atoms. The molecule has 0 radical (unpaired) electrons. The van der Waals surface area contributed by atoms with E-state index in [-0.39, 0.29) is 5.91 Å². The average molecular weight is 500 g/mol. The Kier molecular flexibility index (Phi) is 7.56. The standard InChI is InChI=1S/C23H19BrFN3O4/c1-31-20-12-21(32-2)19(24)11-16(20)13-26-28-23(30)15-5-9-18(10-6-15)27-22(29)14-3-7-17(25)8-4-14/h3-13H,1-2H3,(H,27,29)(H,28,30). The van der Waals surface area contributed by atoms with Crippen molar-refractivity contribution in [3.8, 4) is 11.5 Å². The van der Waals surface area contributed by atoms with Crippen LogP contribution >= 0.6 is 15.9 Å². The lowest BCUT2D eigenvalue weighted by Gasteiger charge is -2.09. The van der Waals surface area contributed by atoms with Gasteiger partial charge in [0.15, 0.2) is 0 Å². The second kappa shape index (κ2) is 10.5. The first-order valence-corrected chi connectivity index (χ1v) is 10.1. The molecule has 0 atom stereocenters. The number of hydrazone groups is 1. The third kappa shape index (κ3) is 5.70. The zero-order valence-electron chi connectivity index (χ0n) is 17.2. The van der Waals surface area contributed by atoms with Crippen molar-refractivity contribution in [2.24, 2.45) is 5.10 Å². The molecule has 0 saturated heterocycles. The van der Waals surface area contributed by atoms with Gasteiger partial charge in [-0.15, -0.1) is 0 Å². The van der Waals surface area contributed by atoms with Gasteiger partial charge >= 0.3 is 0 Å². The molecule has 7 nitrogen and oxygen atoms in total. The van der Waals surface area contributed by atoms with E-state index in [1.807, 2.05) is 0 Å². The van der Waals surface area contributed by atoms with Crippen LogP contribution < -0.4 is 20.2 Å². The molecule has 0 saturated carbocycles. The molecule has 0 heterocycles. The van der Waals surface area contributed by atoms with Gasteiger partial charge in [-0.25, -0.2) is 9.82 Å². The summed E-state index contributed by atoms with van der Waals surface area (Å²) in [7, 11) is 3.07. The summed E-state index contributed by atoms with van der Waals surface area (Å²) >= 11 is 3.39. The fourth-order valence-electron chi connectivity index (χ4n) is 2.72. The molecule has 164 valence electrons. The Labute approximate surface area is 192 Å². The molecule has 0 aromatic heterocycles. The Hall–Kier alpha value is -3.72. The highest BCUT2D eigenvalue weighted by molar-refractivity contribution is 9.10. The Morgan fingerprint density at radius 1 is 0.906 bits per heavy atom. The molecule has 2 N–H and O–H groups in total. The van der Waals surface area contributed by atoms with Crippen LogP contribution in [0.1, 0.15) is 26.3 Å². The normalized spacial score (nSPS) is 10.6. The molecule has 2 amide bonds. The first-order chi connectivity index (χ1) is 15.4. The Balaban J connectivity index is 1.62. The molecule has 0 bridgehead atoms. The van der Waals surface area contributed by atoms with Crippen LogP contribution in [0.2, 0.25) is 0 Å². The van der Waals surface area contributed by atoms with Crippen molar-refractivity contribution < 1.29 is 23.5 Å². The average Bonchev–Trinajstić information content (AvgIpc) is 2.80. The first-order valence-electron chi connectivity index (χ1n) is 9.33. The number of halogens is 2. The summed E-state index contributed by atoms with van der Waals surface area (Å²) in [6.07, 6.45) is 1.46. The van der Waals surface area contributed by atoms with Crippen molar-refractivity contribution in [1.29, 1.82) is 0 Å². The number of nitrogens with zero attached hydrogens (tertiary/aromatic N) is 1. The molecular formula is C23H19BrFN3O4. The molecule has 0 spiro atoms. The maximum Gasteiger partial charge on any atom is 0.271 e. The van der Waals surface area contributed by atoms with Gasteiger partial charge in [-0.1, -0.05) is 0 Å². The van der Waals surface area contributed by atoms with E-state index in [4.69, 9.17) is 9.47 Å². The highest BCUT2D eigenvalue weighted by Crippen LogP contribution is 2.31. The summed E-state index contributed by atoms with van der Waals surface area (Å²) in [5.74, 6) is -0.0906. The number of amides is 2. The lowest BCUT2D eigenvalue weighted by Crippen LogP contribution is -2.18. The number of nitrogens with one attached hydrogen (secondary N) is 2. The van der Waals surface area contributed by atoms with Gasteiger partial charge in [-0.2, -0.15) is 5.10 Å².